The van der Waals surface area contributed by atoms with Crippen LogP contribution in [0.25, 0.3) is 11.0 Å². The fourth-order valence-corrected chi connectivity index (χ4v) is 3.25. The fourth-order valence-electron chi connectivity index (χ4n) is 3.25. The number of hydrogen-bond acceptors (Lipinski definition) is 6. The smallest absolute Gasteiger partial charge is 0.336 e. The van der Waals surface area contributed by atoms with E-state index in [9.17, 15) is 19.2 Å². The third kappa shape index (κ3) is 6.57. The zero-order valence-corrected chi connectivity index (χ0v) is 18.8. The Bertz CT molecular complexity index is 1040. The van der Waals surface area contributed by atoms with Gasteiger partial charge < -0.3 is 24.9 Å². The molecule has 0 aliphatic carbocycles. The van der Waals surface area contributed by atoms with Gasteiger partial charge in [-0.1, -0.05) is 27.2 Å². The number of unbranched alkanes of at least 4 members (excludes halogenated alkanes) is 1. The summed E-state index contributed by atoms with van der Waals surface area (Å²) in [5.41, 5.74) is 1.50. The average Bonchev–Trinajstić information content (AvgIpc) is 2.73. The van der Waals surface area contributed by atoms with Gasteiger partial charge >= 0.3 is 11.6 Å². The van der Waals surface area contributed by atoms with E-state index in [-0.39, 0.29) is 19.1 Å². The standard InChI is InChI=1S/C23H30N2O7/c1-5-6-7-15-10-20(28)32-22-14(4)17(9-8-16(15)22)31-12-19(27)24-11-18(26)25-21(13(2)3)23(29)30/h8-10,13,21H,5-7,11-12H2,1-4H3,(H,24,27)(H,25,26)(H,29,30)/t21-/m0/s1. The van der Waals surface area contributed by atoms with Crippen LogP contribution >= 0.6 is 0 Å². The number of carbonyl (C=O) groups is 3. The number of hydrogen-bond donors (Lipinski definition) is 3. The van der Waals surface area contributed by atoms with Gasteiger partial charge in [0.1, 0.15) is 17.4 Å². The molecular weight excluding hydrogens is 416 g/mol. The minimum Gasteiger partial charge on any atom is -0.483 e. The molecule has 3 N–H and O–H groups in total. The molecule has 1 aromatic carbocycles. The zero-order chi connectivity index (χ0) is 23.8. The Morgan fingerprint density at radius 2 is 1.91 bits per heavy atom. The number of aryl methyl sites for hydroxylation is 2. The molecular formula is C23H30N2O7. The number of fused-ring (bicyclic) bond motifs is 1. The third-order valence-corrected chi connectivity index (χ3v) is 5.05. The average molecular weight is 447 g/mol. The van der Waals surface area contributed by atoms with Crippen LogP contribution in [0.1, 0.15) is 44.7 Å². The molecule has 2 aromatic rings. The van der Waals surface area contributed by atoms with E-state index in [2.05, 4.69) is 17.6 Å². The molecule has 0 aliphatic rings. The van der Waals surface area contributed by atoms with Gasteiger partial charge in [-0.2, -0.15) is 0 Å². The lowest BCUT2D eigenvalue weighted by Crippen LogP contribution is -2.48. The van der Waals surface area contributed by atoms with Crippen LogP contribution < -0.4 is 21.0 Å². The van der Waals surface area contributed by atoms with E-state index in [0.717, 1.165) is 30.2 Å². The third-order valence-electron chi connectivity index (χ3n) is 5.05. The van der Waals surface area contributed by atoms with Crippen LogP contribution in [0.2, 0.25) is 0 Å². The van der Waals surface area contributed by atoms with E-state index in [1.54, 1.807) is 32.9 Å². The first-order valence-electron chi connectivity index (χ1n) is 10.6. The highest BCUT2D eigenvalue weighted by atomic mass is 16.5. The molecule has 0 saturated carbocycles. The maximum absolute atomic E-state index is 12.1. The van der Waals surface area contributed by atoms with Crippen molar-refractivity contribution < 1.29 is 28.6 Å². The molecule has 0 aliphatic heterocycles. The predicted octanol–water partition coefficient (Wildman–Crippen LogP) is 2.16. The van der Waals surface area contributed by atoms with Gasteiger partial charge in [0.2, 0.25) is 5.91 Å². The van der Waals surface area contributed by atoms with Crippen LogP contribution in [0.3, 0.4) is 0 Å². The maximum Gasteiger partial charge on any atom is 0.336 e. The Balaban J connectivity index is 2.00. The van der Waals surface area contributed by atoms with E-state index in [0.29, 0.717) is 16.9 Å². The molecule has 2 rings (SSSR count). The van der Waals surface area contributed by atoms with Gasteiger partial charge in [0.05, 0.1) is 6.54 Å². The Kier molecular flexibility index (Phi) is 8.80. The topological polar surface area (TPSA) is 135 Å². The molecule has 1 atom stereocenters. The normalized spacial score (nSPS) is 11.9. The van der Waals surface area contributed by atoms with Gasteiger partial charge in [0.15, 0.2) is 6.61 Å². The maximum atomic E-state index is 12.1. The van der Waals surface area contributed by atoms with E-state index >= 15 is 0 Å². The van der Waals surface area contributed by atoms with E-state index in [1.807, 2.05) is 0 Å². The number of benzene rings is 1. The van der Waals surface area contributed by atoms with Crippen molar-refractivity contribution >= 4 is 28.8 Å². The highest BCUT2D eigenvalue weighted by Crippen LogP contribution is 2.29. The molecule has 174 valence electrons. The highest BCUT2D eigenvalue weighted by molar-refractivity contribution is 5.88. The number of rotatable bonds is 11. The van der Waals surface area contributed by atoms with E-state index in [4.69, 9.17) is 14.3 Å². The second-order valence-electron chi connectivity index (χ2n) is 7.95. The van der Waals surface area contributed by atoms with Crippen molar-refractivity contribution in [2.24, 2.45) is 5.92 Å². The summed E-state index contributed by atoms with van der Waals surface area (Å²) in [4.78, 5) is 47.1. The minimum atomic E-state index is -1.14. The first kappa shape index (κ1) is 24.9. The number of nitrogens with one attached hydrogen (secondary N) is 2. The van der Waals surface area contributed by atoms with Crippen molar-refractivity contribution in [3.63, 3.8) is 0 Å². The molecule has 1 heterocycles. The van der Waals surface area contributed by atoms with Crippen molar-refractivity contribution in [3.8, 4) is 5.75 Å². The summed E-state index contributed by atoms with van der Waals surface area (Å²) < 4.78 is 10.9. The predicted molar refractivity (Wildman–Crippen MR) is 119 cm³/mol. The van der Waals surface area contributed by atoms with E-state index in [1.165, 1.54) is 6.07 Å². The molecule has 0 spiro atoms. The van der Waals surface area contributed by atoms with Crippen molar-refractivity contribution in [1.29, 1.82) is 0 Å². The second-order valence-corrected chi connectivity index (χ2v) is 7.95. The van der Waals surface area contributed by atoms with Gasteiger partial charge in [-0.25, -0.2) is 9.59 Å². The first-order chi connectivity index (χ1) is 15.1. The summed E-state index contributed by atoms with van der Waals surface area (Å²) in [6.45, 7) is 6.44. The van der Waals surface area contributed by atoms with Crippen molar-refractivity contribution in [2.75, 3.05) is 13.2 Å². The van der Waals surface area contributed by atoms with Crippen molar-refractivity contribution in [3.05, 3.63) is 39.7 Å². The lowest BCUT2D eigenvalue weighted by Gasteiger charge is -2.18. The molecule has 32 heavy (non-hydrogen) atoms. The lowest BCUT2D eigenvalue weighted by molar-refractivity contribution is -0.143. The number of ether oxygens (including phenoxy) is 1. The second kappa shape index (κ2) is 11.3. The molecule has 9 heteroatoms. The van der Waals surface area contributed by atoms with Gasteiger partial charge in [-0.05, 0) is 43.4 Å². The summed E-state index contributed by atoms with van der Waals surface area (Å²) in [5.74, 6) is -2.20. The lowest BCUT2D eigenvalue weighted by atomic mass is 10.0. The fraction of sp³-hybridized carbons (Fsp3) is 0.478. The van der Waals surface area contributed by atoms with Crippen molar-refractivity contribution in [2.45, 2.75) is 53.0 Å². The Morgan fingerprint density at radius 1 is 1.19 bits per heavy atom. The van der Waals surface area contributed by atoms with Gasteiger partial charge in [0.25, 0.3) is 5.91 Å². The quantitative estimate of drug-likeness (QED) is 0.450. The summed E-state index contributed by atoms with van der Waals surface area (Å²) in [6.07, 6.45) is 2.72. The van der Waals surface area contributed by atoms with Crippen LogP contribution in [0.4, 0.5) is 0 Å². The van der Waals surface area contributed by atoms with Crippen LogP contribution in [-0.2, 0) is 20.8 Å². The van der Waals surface area contributed by atoms with Gasteiger partial charge in [-0.3, -0.25) is 9.59 Å². The molecule has 0 bridgehead atoms. The van der Waals surface area contributed by atoms with Crippen molar-refractivity contribution in [1.82, 2.24) is 10.6 Å². The van der Waals surface area contributed by atoms with Crippen LogP contribution in [0, 0.1) is 12.8 Å². The molecule has 9 nitrogen and oxygen atoms in total. The summed E-state index contributed by atoms with van der Waals surface area (Å²) in [5, 5.41) is 14.7. The Morgan fingerprint density at radius 3 is 2.53 bits per heavy atom. The van der Waals surface area contributed by atoms with E-state index < -0.39 is 29.5 Å². The Hall–Kier alpha value is -3.36. The largest absolute Gasteiger partial charge is 0.483 e. The van der Waals surface area contributed by atoms with Gasteiger partial charge in [-0.15, -0.1) is 0 Å². The zero-order valence-electron chi connectivity index (χ0n) is 18.8. The van der Waals surface area contributed by atoms with Crippen LogP contribution in [0.15, 0.2) is 27.4 Å². The number of aliphatic carboxylic acids is 1. The summed E-state index contributed by atoms with van der Waals surface area (Å²) >= 11 is 0. The first-order valence-corrected chi connectivity index (χ1v) is 10.6. The number of carboxylic acid groups (broad SMARTS) is 1. The van der Waals surface area contributed by atoms with Crippen LogP contribution in [0.5, 0.6) is 5.75 Å². The monoisotopic (exact) mass is 446 g/mol. The molecule has 0 unspecified atom stereocenters. The molecule has 2 amide bonds. The van der Waals surface area contributed by atoms with Gasteiger partial charge in [0, 0.05) is 17.0 Å². The summed E-state index contributed by atoms with van der Waals surface area (Å²) in [6, 6.07) is 3.99. The molecule has 1 aromatic heterocycles. The number of amides is 2. The molecule has 0 fully saturated rings. The SMILES string of the molecule is CCCCc1cc(=O)oc2c(C)c(OCC(=O)NCC(=O)N[C@H](C(=O)O)C(C)C)ccc12. The molecule has 0 saturated heterocycles. The number of carboxylic acids is 1. The Labute approximate surface area is 186 Å². The molecule has 0 radical (unpaired) electrons. The highest BCUT2D eigenvalue weighted by Gasteiger charge is 2.23. The minimum absolute atomic E-state index is 0.297. The summed E-state index contributed by atoms with van der Waals surface area (Å²) in [7, 11) is 0. The number of carbonyl (C=O) groups excluding carboxylic acids is 2. The van der Waals surface area contributed by atoms with Crippen LogP contribution in [-0.4, -0.2) is 42.1 Å².